The molecule has 0 aliphatic carbocycles. The van der Waals surface area contributed by atoms with Gasteiger partial charge >= 0.3 is 0 Å². The molecular formula is C12H15NOS. The summed E-state index contributed by atoms with van der Waals surface area (Å²) in [7, 11) is 0. The Hall–Kier alpha value is -0.930. The number of thioether (sulfide) groups is 1. The van der Waals surface area contributed by atoms with Crippen molar-refractivity contribution in [3.63, 3.8) is 0 Å². The van der Waals surface area contributed by atoms with Crippen LogP contribution in [-0.2, 0) is 0 Å². The third-order valence-corrected chi connectivity index (χ3v) is 3.26. The molecule has 1 aromatic carbocycles. The summed E-state index contributed by atoms with van der Waals surface area (Å²) < 4.78 is 5.89. The lowest BCUT2D eigenvalue weighted by Crippen LogP contribution is -2.18. The summed E-state index contributed by atoms with van der Waals surface area (Å²) in [5.41, 5.74) is 6.55. The maximum absolute atomic E-state index is 5.89. The van der Waals surface area contributed by atoms with Gasteiger partial charge in [0.1, 0.15) is 5.75 Å². The second-order valence-corrected chi connectivity index (χ2v) is 5.54. The van der Waals surface area contributed by atoms with Crippen molar-refractivity contribution in [1.29, 1.82) is 0 Å². The normalized spacial score (nSPS) is 17.8. The summed E-state index contributed by atoms with van der Waals surface area (Å²) in [6, 6.07) is 6.19. The van der Waals surface area contributed by atoms with Crippen LogP contribution in [0.25, 0.3) is 6.08 Å². The second-order valence-electron chi connectivity index (χ2n) is 3.92. The molecule has 2 nitrogen and oxygen atoms in total. The predicted molar refractivity (Wildman–Crippen MR) is 65.1 cm³/mol. The fourth-order valence-electron chi connectivity index (χ4n) is 1.58. The Morgan fingerprint density at radius 1 is 1.47 bits per heavy atom. The minimum Gasteiger partial charge on any atom is -0.475 e. The van der Waals surface area contributed by atoms with Gasteiger partial charge in [-0.3, -0.25) is 0 Å². The van der Waals surface area contributed by atoms with E-state index in [-0.39, 0.29) is 4.93 Å². The number of rotatable bonds is 2. The van der Waals surface area contributed by atoms with Gasteiger partial charge in [0.05, 0.1) is 4.90 Å². The van der Waals surface area contributed by atoms with E-state index in [1.54, 1.807) is 11.8 Å². The number of para-hydroxylation sites is 1. The largest absolute Gasteiger partial charge is 0.475 e. The molecule has 0 unspecified atom stereocenters. The molecular weight excluding hydrogens is 206 g/mol. The van der Waals surface area contributed by atoms with Crippen LogP contribution in [0, 0.1) is 0 Å². The molecule has 0 saturated heterocycles. The van der Waals surface area contributed by atoms with Gasteiger partial charge in [0, 0.05) is 12.1 Å². The van der Waals surface area contributed by atoms with Gasteiger partial charge in [-0.15, -0.1) is 0 Å². The zero-order valence-corrected chi connectivity index (χ0v) is 9.80. The molecule has 0 radical (unpaired) electrons. The van der Waals surface area contributed by atoms with Crippen LogP contribution in [0.3, 0.4) is 0 Å². The van der Waals surface area contributed by atoms with Crippen molar-refractivity contribution < 1.29 is 4.74 Å². The van der Waals surface area contributed by atoms with Crippen LogP contribution in [0.15, 0.2) is 29.2 Å². The SMILES string of the molecule is CC1(C)Oc2c(/C=C/CN)cccc2S1. The number of fused-ring (bicyclic) bond motifs is 1. The van der Waals surface area contributed by atoms with Crippen LogP contribution < -0.4 is 10.5 Å². The van der Waals surface area contributed by atoms with Crippen molar-refractivity contribution in [3.8, 4) is 5.75 Å². The van der Waals surface area contributed by atoms with Crippen LogP contribution in [0.5, 0.6) is 5.75 Å². The van der Waals surface area contributed by atoms with E-state index in [4.69, 9.17) is 10.5 Å². The van der Waals surface area contributed by atoms with Crippen LogP contribution in [0.1, 0.15) is 19.4 Å². The van der Waals surface area contributed by atoms with E-state index in [0.29, 0.717) is 6.54 Å². The topological polar surface area (TPSA) is 35.2 Å². The maximum Gasteiger partial charge on any atom is 0.153 e. The third-order valence-electron chi connectivity index (χ3n) is 2.15. The lowest BCUT2D eigenvalue weighted by Gasteiger charge is -2.16. The first-order chi connectivity index (χ1) is 7.12. The van der Waals surface area contributed by atoms with Crippen LogP contribution in [0.4, 0.5) is 0 Å². The molecule has 0 saturated carbocycles. The Kier molecular flexibility index (Phi) is 2.76. The number of benzene rings is 1. The number of ether oxygens (including phenoxy) is 1. The van der Waals surface area contributed by atoms with Crippen molar-refractivity contribution in [1.82, 2.24) is 0 Å². The summed E-state index contributed by atoms with van der Waals surface area (Å²) >= 11 is 1.75. The minimum absolute atomic E-state index is 0.158. The molecule has 3 heteroatoms. The molecule has 1 aromatic rings. The number of hydrogen-bond acceptors (Lipinski definition) is 3. The van der Waals surface area contributed by atoms with E-state index in [1.807, 2.05) is 24.3 Å². The Labute approximate surface area is 94.5 Å². The van der Waals surface area contributed by atoms with Gasteiger partial charge in [-0.2, -0.15) is 0 Å². The van der Waals surface area contributed by atoms with E-state index in [9.17, 15) is 0 Å². The van der Waals surface area contributed by atoms with Crippen molar-refractivity contribution in [3.05, 3.63) is 29.8 Å². The summed E-state index contributed by atoms with van der Waals surface area (Å²) in [6.07, 6.45) is 3.95. The molecule has 1 aliphatic rings. The van der Waals surface area contributed by atoms with Gasteiger partial charge in [0.2, 0.25) is 0 Å². The standard InChI is InChI=1S/C12H15NOS/c1-12(2)14-11-9(6-4-8-13)5-3-7-10(11)15-12/h3-7H,8,13H2,1-2H3/b6-4+. The zero-order chi connectivity index (χ0) is 10.9. The fraction of sp³-hybridized carbons (Fsp3) is 0.333. The number of hydrogen-bond donors (Lipinski definition) is 1. The van der Waals surface area contributed by atoms with Gasteiger partial charge in [-0.25, -0.2) is 0 Å². The molecule has 0 spiro atoms. The van der Waals surface area contributed by atoms with E-state index in [2.05, 4.69) is 19.9 Å². The van der Waals surface area contributed by atoms with E-state index < -0.39 is 0 Å². The first kappa shape index (κ1) is 10.6. The van der Waals surface area contributed by atoms with Crippen molar-refractivity contribution in [2.75, 3.05) is 6.54 Å². The first-order valence-corrected chi connectivity index (χ1v) is 5.82. The second kappa shape index (κ2) is 3.91. The highest BCUT2D eigenvalue weighted by molar-refractivity contribution is 8.00. The molecule has 2 N–H and O–H groups in total. The molecule has 1 heterocycles. The van der Waals surface area contributed by atoms with Crippen molar-refractivity contribution in [2.45, 2.75) is 23.7 Å². The van der Waals surface area contributed by atoms with Gasteiger partial charge in [0.15, 0.2) is 4.93 Å². The minimum atomic E-state index is -0.158. The van der Waals surface area contributed by atoms with Gasteiger partial charge in [-0.1, -0.05) is 36.0 Å². The highest BCUT2D eigenvalue weighted by atomic mass is 32.2. The average Bonchev–Trinajstić information content (AvgIpc) is 2.49. The molecule has 0 bridgehead atoms. The lowest BCUT2D eigenvalue weighted by molar-refractivity contribution is 0.214. The van der Waals surface area contributed by atoms with Crippen molar-refractivity contribution in [2.24, 2.45) is 5.73 Å². The molecule has 0 fully saturated rings. The summed E-state index contributed by atoms with van der Waals surface area (Å²) in [5, 5.41) is 0. The van der Waals surface area contributed by atoms with E-state index >= 15 is 0 Å². The Morgan fingerprint density at radius 2 is 2.27 bits per heavy atom. The Morgan fingerprint density at radius 3 is 3.00 bits per heavy atom. The van der Waals surface area contributed by atoms with Gasteiger partial charge in [-0.05, 0) is 19.9 Å². The summed E-state index contributed by atoms with van der Waals surface area (Å²) in [6.45, 7) is 4.71. The third kappa shape index (κ3) is 2.19. The van der Waals surface area contributed by atoms with E-state index in [0.717, 1.165) is 11.3 Å². The zero-order valence-electron chi connectivity index (χ0n) is 8.99. The predicted octanol–water partition coefficient (Wildman–Crippen LogP) is 2.88. The molecule has 80 valence electrons. The highest BCUT2D eigenvalue weighted by Crippen LogP contribution is 2.48. The van der Waals surface area contributed by atoms with Gasteiger partial charge in [0.25, 0.3) is 0 Å². The monoisotopic (exact) mass is 221 g/mol. The number of nitrogens with two attached hydrogens (primary N) is 1. The Balaban J connectivity index is 2.37. The van der Waals surface area contributed by atoms with Crippen LogP contribution in [-0.4, -0.2) is 11.5 Å². The van der Waals surface area contributed by atoms with Gasteiger partial charge < -0.3 is 10.5 Å². The molecule has 1 aliphatic heterocycles. The molecule has 0 amide bonds. The quantitative estimate of drug-likeness (QED) is 0.834. The molecule has 0 atom stereocenters. The summed E-state index contributed by atoms with van der Waals surface area (Å²) in [5.74, 6) is 0.984. The van der Waals surface area contributed by atoms with E-state index in [1.165, 1.54) is 4.90 Å². The van der Waals surface area contributed by atoms with Crippen LogP contribution >= 0.6 is 11.8 Å². The highest BCUT2D eigenvalue weighted by Gasteiger charge is 2.31. The van der Waals surface area contributed by atoms with Crippen LogP contribution in [0.2, 0.25) is 0 Å². The fourth-order valence-corrected chi connectivity index (χ4v) is 2.63. The Bertz CT molecular complexity index is 399. The smallest absolute Gasteiger partial charge is 0.153 e. The van der Waals surface area contributed by atoms with Crippen molar-refractivity contribution >= 4 is 17.8 Å². The lowest BCUT2D eigenvalue weighted by atomic mass is 10.2. The molecule has 2 rings (SSSR count). The first-order valence-electron chi connectivity index (χ1n) is 5.00. The molecule has 15 heavy (non-hydrogen) atoms. The maximum atomic E-state index is 5.89. The average molecular weight is 221 g/mol. The molecule has 0 aromatic heterocycles. The summed E-state index contributed by atoms with van der Waals surface area (Å²) in [4.78, 5) is 1.05.